The predicted molar refractivity (Wildman–Crippen MR) is 101 cm³/mol. The summed E-state index contributed by atoms with van der Waals surface area (Å²) in [5, 5.41) is 2.61. The summed E-state index contributed by atoms with van der Waals surface area (Å²) in [7, 11) is 1.55. The Balaban J connectivity index is 2.11. The molecule has 0 saturated carbocycles. The molecule has 0 radical (unpaired) electrons. The van der Waals surface area contributed by atoms with Crippen molar-refractivity contribution >= 4 is 23.3 Å². The Morgan fingerprint density at radius 2 is 1.74 bits per heavy atom. The van der Waals surface area contributed by atoms with Gasteiger partial charge in [-0.05, 0) is 49.2 Å². The molecule has 0 bridgehead atoms. The third-order valence-corrected chi connectivity index (χ3v) is 3.47. The second kappa shape index (κ2) is 9.78. The van der Waals surface area contributed by atoms with E-state index in [4.69, 9.17) is 9.47 Å². The van der Waals surface area contributed by atoms with Crippen molar-refractivity contribution in [2.75, 3.05) is 19.0 Å². The minimum Gasteiger partial charge on any atom is -0.497 e. The van der Waals surface area contributed by atoms with E-state index in [9.17, 15) is 14.4 Å². The largest absolute Gasteiger partial charge is 0.497 e. The van der Waals surface area contributed by atoms with Gasteiger partial charge in [-0.2, -0.15) is 0 Å². The molecule has 0 atom stereocenters. The van der Waals surface area contributed by atoms with Crippen molar-refractivity contribution < 1.29 is 23.9 Å². The van der Waals surface area contributed by atoms with Gasteiger partial charge in [-0.25, -0.2) is 0 Å². The van der Waals surface area contributed by atoms with Gasteiger partial charge in [-0.1, -0.05) is 18.1 Å². The van der Waals surface area contributed by atoms with Crippen molar-refractivity contribution in [3.63, 3.8) is 0 Å². The number of para-hydroxylation sites is 1. The molecule has 2 aromatic rings. The molecular formula is C21H19NO5. The molecule has 0 unspecified atom stereocenters. The van der Waals surface area contributed by atoms with Crippen LogP contribution < -0.4 is 10.1 Å². The molecule has 0 aliphatic heterocycles. The van der Waals surface area contributed by atoms with E-state index in [2.05, 4.69) is 17.2 Å². The van der Waals surface area contributed by atoms with Crippen LogP contribution in [0.2, 0.25) is 0 Å². The zero-order chi connectivity index (χ0) is 19.6. The zero-order valence-corrected chi connectivity index (χ0v) is 15.1. The van der Waals surface area contributed by atoms with Gasteiger partial charge >= 0.3 is 5.97 Å². The fourth-order valence-electron chi connectivity index (χ4n) is 2.18. The van der Waals surface area contributed by atoms with E-state index in [1.54, 1.807) is 62.6 Å². The lowest BCUT2D eigenvalue weighted by atomic mass is 10.1. The number of hydrogen-bond acceptors (Lipinski definition) is 5. The fraction of sp³-hybridized carbons (Fsp3) is 0.190. The first kappa shape index (κ1) is 19.7. The minimum atomic E-state index is -0.603. The Hall–Kier alpha value is -3.59. The molecule has 0 aliphatic rings. The summed E-state index contributed by atoms with van der Waals surface area (Å²) in [6, 6.07) is 13.4. The summed E-state index contributed by atoms with van der Waals surface area (Å²) in [4.78, 5) is 35.5. The molecule has 27 heavy (non-hydrogen) atoms. The Morgan fingerprint density at radius 1 is 1.04 bits per heavy atom. The maximum atomic E-state index is 12.2. The van der Waals surface area contributed by atoms with Crippen LogP contribution >= 0.6 is 0 Å². The van der Waals surface area contributed by atoms with Crippen LogP contribution in [0.3, 0.4) is 0 Å². The number of methoxy groups -OCH3 is 1. The topological polar surface area (TPSA) is 81.7 Å². The molecule has 2 aromatic carbocycles. The van der Waals surface area contributed by atoms with Crippen molar-refractivity contribution in [3.8, 4) is 17.6 Å². The van der Waals surface area contributed by atoms with Crippen molar-refractivity contribution in [2.45, 2.75) is 13.3 Å². The number of Topliss-reactive ketones (excluding diaryl/α,β-unsaturated/α-hetero) is 1. The fourth-order valence-corrected chi connectivity index (χ4v) is 2.18. The van der Waals surface area contributed by atoms with Gasteiger partial charge in [0, 0.05) is 11.1 Å². The maximum absolute atomic E-state index is 12.2. The first-order valence-corrected chi connectivity index (χ1v) is 8.28. The summed E-state index contributed by atoms with van der Waals surface area (Å²) in [6.45, 7) is 1.88. The van der Waals surface area contributed by atoms with E-state index in [1.165, 1.54) is 0 Å². The first-order valence-electron chi connectivity index (χ1n) is 8.28. The highest BCUT2D eigenvalue weighted by Gasteiger charge is 2.11. The van der Waals surface area contributed by atoms with Crippen molar-refractivity contribution in [2.24, 2.45) is 0 Å². The van der Waals surface area contributed by atoms with Gasteiger partial charge in [0.15, 0.2) is 0 Å². The summed E-state index contributed by atoms with van der Waals surface area (Å²) >= 11 is 0. The van der Waals surface area contributed by atoms with Crippen LogP contribution in [0.1, 0.15) is 29.3 Å². The SMILES string of the molecule is CCOC(=O)CC(=O)Nc1ccccc1C#CC(=O)c1ccc(OC)cc1. The number of nitrogens with one attached hydrogen (secondary N) is 1. The van der Waals surface area contributed by atoms with E-state index >= 15 is 0 Å². The molecule has 138 valence electrons. The van der Waals surface area contributed by atoms with Crippen LogP contribution in [-0.4, -0.2) is 31.4 Å². The number of carbonyl (C=O) groups excluding carboxylic acids is 3. The summed E-state index contributed by atoms with van der Waals surface area (Å²) in [5.41, 5.74) is 1.32. The number of benzene rings is 2. The van der Waals surface area contributed by atoms with Crippen molar-refractivity contribution in [1.29, 1.82) is 0 Å². The Kier molecular flexibility index (Phi) is 7.15. The van der Waals surface area contributed by atoms with Crippen molar-refractivity contribution in [1.82, 2.24) is 0 Å². The maximum Gasteiger partial charge on any atom is 0.315 e. The Labute approximate surface area is 157 Å². The van der Waals surface area contributed by atoms with E-state index < -0.39 is 11.9 Å². The smallest absolute Gasteiger partial charge is 0.315 e. The van der Waals surface area contributed by atoms with Crippen LogP contribution in [0.15, 0.2) is 48.5 Å². The number of esters is 1. The van der Waals surface area contributed by atoms with Crippen LogP contribution in [0.4, 0.5) is 5.69 Å². The summed E-state index contributed by atoms with van der Waals surface area (Å²) in [6.07, 6.45) is -0.389. The van der Waals surface area contributed by atoms with Gasteiger partial charge in [0.05, 0.1) is 19.4 Å². The molecule has 0 fully saturated rings. The number of rotatable bonds is 6. The molecular weight excluding hydrogens is 346 g/mol. The molecule has 0 heterocycles. The van der Waals surface area contributed by atoms with Crippen LogP contribution in [0.25, 0.3) is 0 Å². The molecule has 0 aromatic heterocycles. The first-order chi connectivity index (χ1) is 13.0. The summed E-state index contributed by atoms with van der Waals surface area (Å²) < 4.78 is 9.80. The number of carbonyl (C=O) groups is 3. The van der Waals surface area contributed by atoms with Gasteiger partial charge in [0.25, 0.3) is 0 Å². The lowest BCUT2D eigenvalue weighted by Crippen LogP contribution is -2.18. The molecule has 0 spiro atoms. The lowest BCUT2D eigenvalue weighted by Gasteiger charge is -2.07. The Bertz CT molecular complexity index is 891. The highest BCUT2D eigenvalue weighted by Crippen LogP contribution is 2.15. The van der Waals surface area contributed by atoms with Gasteiger partial charge in [-0.15, -0.1) is 0 Å². The van der Waals surface area contributed by atoms with Crippen LogP contribution in [0, 0.1) is 11.8 Å². The second-order valence-electron chi connectivity index (χ2n) is 5.38. The van der Waals surface area contributed by atoms with Crippen LogP contribution in [-0.2, 0) is 14.3 Å². The average molecular weight is 365 g/mol. The highest BCUT2D eigenvalue weighted by atomic mass is 16.5. The number of hydrogen-bond donors (Lipinski definition) is 1. The molecule has 2 rings (SSSR count). The molecule has 6 nitrogen and oxygen atoms in total. The van der Waals surface area contributed by atoms with Gasteiger partial charge in [0.1, 0.15) is 12.2 Å². The third kappa shape index (κ3) is 6.01. The highest BCUT2D eigenvalue weighted by molar-refractivity contribution is 6.09. The van der Waals surface area contributed by atoms with E-state index in [1.807, 2.05) is 0 Å². The normalized spacial score (nSPS) is 9.56. The van der Waals surface area contributed by atoms with E-state index in [0.29, 0.717) is 22.6 Å². The second-order valence-corrected chi connectivity index (χ2v) is 5.38. The predicted octanol–water partition coefficient (Wildman–Crippen LogP) is 2.82. The lowest BCUT2D eigenvalue weighted by molar-refractivity contribution is -0.145. The number of amides is 1. The van der Waals surface area contributed by atoms with Gasteiger partial charge in [0.2, 0.25) is 11.7 Å². The minimum absolute atomic E-state index is 0.210. The zero-order valence-electron chi connectivity index (χ0n) is 15.1. The standard InChI is InChI=1S/C21H19NO5/c1-3-27-21(25)14-20(24)22-18-7-5-4-6-15(18)10-13-19(23)16-8-11-17(26-2)12-9-16/h4-9,11-12H,3,14H2,1-2H3,(H,22,24). The third-order valence-electron chi connectivity index (χ3n) is 3.47. The van der Waals surface area contributed by atoms with Gasteiger partial charge < -0.3 is 14.8 Å². The Morgan fingerprint density at radius 3 is 2.41 bits per heavy atom. The van der Waals surface area contributed by atoms with Crippen LogP contribution in [0.5, 0.6) is 5.75 Å². The number of ether oxygens (including phenoxy) is 2. The number of anilines is 1. The van der Waals surface area contributed by atoms with E-state index in [-0.39, 0.29) is 18.8 Å². The quantitative estimate of drug-likeness (QED) is 0.368. The molecule has 1 N–H and O–H groups in total. The molecule has 0 saturated heterocycles. The molecule has 6 heteroatoms. The average Bonchev–Trinajstić information content (AvgIpc) is 2.67. The molecule has 1 amide bonds. The molecule has 0 aliphatic carbocycles. The van der Waals surface area contributed by atoms with Crippen molar-refractivity contribution in [3.05, 3.63) is 59.7 Å². The monoisotopic (exact) mass is 365 g/mol. The van der Waals surface area contributed by atoms with Gasteiger partial charge in [-0.3, -0.25) is 14.4 Å². The summed E-state index contributed by atoms with van der Waals surface area (Å²) in [5.74, 6) is 4.49. The van der Waals surface area contributed by atoms with E-state index in [0.717, 1.165) is 0 Å². The number of ketones is 1.